The lowest BCUT2D eigenvalue weighted by Crippen LogP contribution is -2.13. The number of anilines is 1. The van der Waals surface area contributed by atoms with Gasteiger partial charge in [-0.1, -0.05) is 24.3 Å². The third kappa shape index (κ3) is 5.29. The second kappa shape index (κ2) is 10.5. The first-order valence-electron chi connectivity index (χ1n) is 11.5. The van der Waals surface area contributed by atoms with Crippen molar-refractivity contribution in [1.29, 1.82) is 0 Å². The molecule has 0 saturated carbocycles. The molecule has 0 aliphatic rings. The normalized spacial score (nSPS) is 11.0. The molecule has 188 valence electrons. The number of hydrogen-bond donors (Lipinski definition) is 3. The molecule has 5 rings (SSSR count). The number of para-hydroxylation sites is 2. The molecule has 37 heavy (non-hydrogen) atoms. The predicted molar refractivity (Wildman–Crippen MR) is 136 cm³/mol. The van der Waals surface area contributed by atoms with Gasteiger partial charge in [0.25, 0.3) is 5.91 Å². The maximum Gasteiger partial charge on any atom is 0.256 e. The van der Waals surface area contributed by atoms with Gasteiger partial charge in [0, 0.05) is 11.6 Å². The minimum atomic E-state index is -0.700. The van der Waals surface area contributed by atoms with E-state index in [4.69, 9.17) is 14.6 Å². The highest BCUT2D eigenvalue weighted by atomic mass is 19.1. The van der Waals surface area contributed by atoms with Gasteiger partial charge >= 0.3 is 0 Å². The maximum absolute atomic E-state index is 14.3. The summed E-state index contributed by atoms with van der Waals surface area (Å²) >= 11 is 0. The number of nitrogens with one attached hydrogen (secondary N) is 2. The van der Waals surface area contributed by atoms with Crippen LogP contribution in [0.15, 0.2) is 72.8 Å². The lowest BCUT2D eigenvalue weighted by molar-refractivity contribution is 0.102. The number of aliphatic hydroxyl groups excluding tert-OH is 1. The number of methoxy groups -OCH3 is 1. The number of H-pyrrole nitrogens is 1. The number of aliphatic hydroxyl groups is 1. The third-order valence-corrected chi connectivity index (χ3v) is 5.69. The van der Waals surface area contributed by atoms with Crippen molar-refractivity contribution < 1.29 is 23.8 Å². The summed E-state index contributed by atoms with van der Waals surface area (Å²) in [6, 6.07) is 20.9. The van der Waals surface area contributed by atoms with Gasteiger partial charge in [-0.25, -0.2) is 9.37 Å². The molecule has 0 atom stereocenters. The van der Waals surface area contributed by atoms with Crippen molar-refractivity contribution in [1.82, 2.24) is 19.7 Å². The zero-order chi connectivity index (χ0) is 25.8. The predicted octanol–water partition coefficient (Wildman–Crippen LogP) is 4.25. The fraction of sp³-hybridized carbons (Fsp3) is 0.148. The Kier molecular flexibility index (Phi) is 6.82. The molecular formula is C27H24FN5O4. The van der Waals surface area contributed by atoms with E-state index in [-0.39, 0.29) is 30.3 Å². The highest BCUT2D eigenvalue weighted by Crippen LogP contribution is 2.25. The molecule has 3 aromatic carbocycles. The Labute approximate surface area is 211 Å². The summed E-state index contributed by atoms with van der Waals surface area (Å²) < 4.78 is 26.4. The van der Waals surface area contributed by atoms with Gasteiger partial charge in [-0.2, -0.15) is 5.10 Å². The molecule has 3 N–H and O–H groups in total. The molecule has 2 aromatic heterocycles. The van der Waals surface area contributed by atoms with Crippen LogP contribution in [-0.2, 0) is 6.54 Å². The monoisotopic (exact) mass is 501 g/mol. The van der Waals surface area contributed by atoms with Crippen molar-refractivity contribution in [3.05, 3.63) is 89.7 Å². The van der Waals surface area contributed by atoms with Crippen molar-refractivity contribution >= 4 is 22.8 Å². The minimum absolute atomic E-state index is 0.0402. The van der Waals surface area contributed by atoms with Crippen LogP contribution in [0.4, 0.5) is 10.2 Å². The van der Waals surface area contributed by atoms with Crippen LogP contribution in [0, 0.1) is 5.82 Å². The van der Waals surface area contributed by atoms with Crippen LogP contribution >= 0.6 is 0 Å². The van der Waals surface area contributed by atoms with Crippen molar-refractivity contribution in [2.24, 2.45) is 0 Å². The first kappa shape index (κ1) is 24.0. The molecule has 0 bridgehead atoms. The number of ether oxygens (including phenoxy) is 2. The number of fused-ring (bicyclic) bond motifs is 1. The van der Waals surface area contributed by atoms with Gasteiger partial charge in [0.1, 0.15) is 18.1 Å². The Hall–Kier alpha value is -4.70. The number of aromatic amines is 1. The molecule has 5 aromatic rings. The molecule has 0 spiro atoms. The summed E-state index contributed by atoms with van der Waals surface area (Å²) in [5.41, 5.74) is 3.42. The highest BCUT2D eigenvalue weighted by Gasteiger charge is 2.17. The van der Waals surface area contributed by atoms with E-state index in [1.807, 2.05) is 48.5 Å². The van der Waals surface area contributed by atoms with E-state index in [2.05, 4.69) is 20.4 Å². The Balaban J connectivity index is 1.44. The molecule has 0 aliphatic carbocycles. The Morgan fingerprint density at radius 2 is 1.92 bits per heavy atom. The van der Waals surface area contributed by atoms with Crippen molar-refractivity contribution in [3.8, 4) is 23.0 Å². The average Bonchev–Trinajstić information content (AvgIpc) is 3.52. The second-order valence-electron chi connectivity index (χ2n) is 8.19. The van der Waals surface area contributed by atoms with E-state index < -0.39 is 11.7 Å². The van der Waals surface area contributed by atoms with Crippen LogP contribution < -0.4 is 14.8 Å². The largest absolute Gasteiger partial charge is 0.497 e. The van der Waals surface area contributed by atoms with Crippen LogP contribution in [0.1, 0.15) is 15.9 Å². The molecular weight excluding hydrogens is 477 g/mol. The number of halogens is 1. The molecule has 0 aliphatic heterocycles. The summed E-state index contributed by atoms with van der Waals surface area (Å²) in [6.07, 6.45) is 0. The smallest absolute Gasteiger partial charge is 0.256 e. The Morgan fingerprint density at radius 1 is 1.11 bits per heavy atom. The van der Waals surface area contributed by atoms with Crippen molar-refractivity contribution in [3.63, 3.8) is 0 Å². The molecule has 0 fully saturated rings. The maximum atomic E-state index is 14.3. The van der Waals surface area contributed by atoms with Gasteiger partial charge in [0.2, 0.25) is 0 Å². The molecule has 10 heteroatoms. The Bertz CT molecular complexity index is 1510. The molecule has 1 amide bonds. The number of rotatable bonds is 9. The van der Waals surface area contributed by atoms with Crippen molar-refractivity contribution in [2.75, 3.05) is 25.6 Å². The fourth-order valence-corrected chi connectivity index (χ4v) is 3.87. The standard InChI is InChI=1S/C27H24FN5O4/c1-36-19-9-6-17(7-10-19)16-33-23(26-29-21-4-2-3-5-22(21)30-26)15-25(32-33)31-27(35)18-8-11-24(20(28)14-18)37-13-12-34/h2-11,14-15,34H,12-13,16H2,1H3,(H,29,30)(H,31,32,35). The van der Waals surface area contributed by atoms with Gasteiger partial charge in [0.05, 0.1) is 31.3 Å². The van der Waals surface area contributed by atoms with E-state index >= 15 is 0 Å². The van der Waals surface area contributed by atoms with Crippen LogP contribution in [0.25, 0.3) is 22.6 Å². The topological polar surface area (TPSA) is 114 Å². The summed E-state index contributed by atoms with van der Waals surface area (Å²) in [5.74, 6) is 0.359. The van der Waals surface area contributed by atoms with Gasteiger partial charge < -0.3 is 24.9 Å². The third-order valence-electron chi connectivity index (χ3n) is 5.69. The number of aromatic nitrogens is 4. The summed E-state index contributed by atoms with van der Waals surface area (Å²) in [6.45, 7) is 0.130. The number of carbonyl (C=O) groups excluding carboxylic acids is 1. The summed E-state index contributed by atoms with van der Waals surface area (Å²) in [5, 5.41) is 16.2. The molecule has 0 unspecified atom stereocenters. The van der Waals surface area contributed by atoms with Crippen LogP contribution in [0.5, 0.6) is 11.5 Å². The second-order valence-corrected chi connectivity index (χ2v) is 8.19. The highest BCUT2D eigenvalue weighted by molar-refractivity contribution is 6.04. The average molecular weight is 502 g/mol. The van der Waals surface area contributed by atoms with Crippen LogP contribution in [-0.4, -0.2) is 51.1 Å². The molecule has 9 nitrogen and oxygen atoms in total. The minimum Gasteiger partial charge on any atom is -0.497 e. The summed E-state index contributed by atoms with van der Waals surface area (Å²) in [4.78, 5) is 20.9. The fourth-order valence-electron chi connectivity index (χ4n) is 3.87. The van der Waals surface area contributed by atoms with Gasteiger partial charge in [-0.05, 0) is 48.0 Å². The first-order valence-corrected chi connectivity index (χ1v) is 11.5. The van der Waals surface area contributed by atoms with Crippen molar-refractivity contribution in [2.45, 2.75) is 6.54 Å². The quantitative estimate of drug-likeness (QED) is 0.278. The van der Waals surface area contributed by atoms with Gasteiger partial charge in [0.15, 0.2) is 23.2 Å². The zero-order valence-electron chi connectivity index (χ0n) is 19.9. The number of imidazole rings is 1. The number of hydrogen-bond acceptors (Lipinski definition) is 6. The molecule has 0 radical (unpaired) electrons. The lowest BCUT2D eigenvalue weighted by atomic mass is 10.2. The number of amides is 1. The van der Waals surface area contributed by atoms with E-state index in [0.29, 0.717) is 18.1 Å². The summed E-state index contributed by atoms with van der Waals surface area (Å²) in [7, 11) is 1.61. The number of benzene rings is 3. The van der Waals surface area contributed by atoms with E-state index in [1.54, 1.807) is 17.9 Å². The van der Waals surface area contributed by atoms with Crippen LogP contribution in [0.2, 0.25) is 0 Å². The van der Waals surface area contributed by atoms with E-state index in [0.717, 1.165) is 28.4 Å². The SMILES string of the molecule is COc1ccc(Cn2nc(NC(=O)c3ccc(OCCO)c(F)c3)cc2-c2nc3ccccc3[nH]2)cc1. The van der Waals surface area contributed by atoms with Gasteiger partial charge in [-0.15, -0.1) is 0 Å². The number of nitrogens with zero attached hydrogens (tertiary/aromatic N) is 3. The Morgan fingerprint density at radius 3 is 2.65 bits per heavy atom. The molecule has 2 heterocycles. The van der Waals surface area contributed by atoms with E-state index in [9.17, 15) is 9.18 Å². The van der Waals surface area contributed by atoms with Crippen LogP contribution in [0.3, 0.4) is 0 Å². The number of carbonyl (C=O) groups is 1. The molecule has 0 saturated heterocycles. The first-order chi connectivity index (χ1) is 18.0. The lowest BCUT2D eigenvalue weighted by Gasteiger charge is -2.08. The zero-order valence-corrected chi connectivity index (χ0v) is 19.9. The van der Waals surface area contributed by atoms with Gasteiger partial charge in [-0.3, -0.25) is 9.48 Å². The van der Waals surface area contributed by atoms with E-state index in [1.165, 1.54) is 12.1 Å².